The number of aromatic nitrogens is 3. The van der Waals surface area contributed by atoms with Gasteiger partial charge in [-0.05, 0) is 37.1 Å². The SMILES string of the molecule is COCC1CCCN1S(=O)(=O)c1ccc(Nc2n[nH]c(-c3ccccc3)n2)cc1. The van der Waals surface area contributed by atoms with Crippen molar-refractivity contribution in [2.45, 2.75) is 23.8 Å². The summed E-state index contributed by atoms with van der Waals surface area (Å²) in [6, 6.07) is 16.2. The molecule has 1 atom stereocenters. The fourth-order valence-electron chi connectivity index (χ4n) is 3.50. The number of sulfonamides is 1. The third-order valence-electron chi connectivity index (χ3n) is 4.93. The Hall–Kier alpha value is -2.75. The molecule has 0 radical (unpaired) electrons. The fraction of sp³-hybridized carbons (Fsp3) is 0.300. The Kier molecular flexibility index (Phi) is 5.61. The van der Waals surface area contributed by atoms with Gasteiger partial charge in [0.05, 0.1) is 11.5 Å². The van der Waals surface area contributed by atoms with E-state index in [2.05, 4.69) is 20.5 Å². The summed E-state index contributed by atoms with van der Waals surface area (Å²) in [4.78, 5) is 4.69. The van der Waals surface area contributed by atoms with Crippen molar-refractivity contribution < 1.29 is 13.2 Å². The second-order valence-electron chi connectivity index (χ2n) is 6.89. The van der Waals surface area contributed by atoms with Crippen LogP contribution in [-0.4, -0.2) is 54.2 Å². The number of ether oxygens (including phenoxy) is 1. The van der Waals surface area contributed by atoms with Crippen molar-refractivity contribution in [1.29, 1.82) is 0 Å². The number of nitrogens with one attached hydrogen (secondary N) is 2. The fourth-order valence-corrected chi connectivity index (χ4v) is 5.18. The van der Waals surface area contributed by atoms with Crippen molar-refractivity contribution in [2.75, 3.05) is 25.6 Å². The summed E-state index contributed by atoms with van der Waals surface area (Å²) in [6.07, 6.45) is 1.67. The molecule has 1 aromatic heterocycles. The van der Waals surface area contributed by atoms with Crippen LogP contribution >= 0.6 is 0 Å². The highest BCUT2D eigenvalue weighted by molar-refractivity contribution is 7.89. The molecule has 4 rings (SSSR count). The molecule has 3 aromatic rings. The van der Waals surface area contributed by atoms with Crippen LogP contribution in [0.4, 0.5) is 11.6 Å². The van der Waals surface area contributed by atoms with Crippen molar-refractivity contribution in [3.05, 3.63) is 54.6 Å². The van der Waals surface area contributed by atoms with Crippen LogP contribution in [0.25, 0.3) is 11.4 Å². The average molecular weight is 414 g/mol. The molecule has 0 amide bonds. The van der Waals surface area contributed by atoms with Crippen LogP contribution in [0.1, 0.15) is 12.8 Å². The minimum absolute atomic E-state index is 0.104. The van der Waals surface area contributed by atoms with Crippen LogP contribution in [-0.2, 0) is 14.8 Å². The molecule has 8 nitrogen and oxygen atoms in total. The van der Waals surface area contributed by atoms with E-state index in [4.69, 9.17) is 4.74 Å². The maximum absolute atomic E-state index is 13.0. The van der Waals surface area contributed by atoms with Gasteiger partial charge in [0.15, 0.2) is 5.82 Å². The van der Waals surface area contributed by atoms with Gasteiger partial charge in [-0.15, -0.1) is 5.10 Å². The lowest BCUT2D eigenvalue weighted by Gasteiger charge is -2.23. The quantitative estimate of drug-likeness (QED) is 0.618. The molecule has 1 aliphatic rings. The van der Waals surface area contributed by atoms with Crippen LogP contribution < -0.4 is 5.32 Å². The van der Waals surface area contributed by atoms with E-state index >= 15 is 0 Å². The molecule has 29 heavy (non-hydrogen) atoms. The van der Waals surface area contributed by atoms with Crippen molar-refractivity contribution >= 4 is 21.7 Å². The van der Waals surface area contributed by atoms with Crippen molar-refractivity contribution in [3.8, 4) is 11.4 Å². The van der Waals surface area contributed by atoms with Crippen LogP contribution in [0.2, 0.25) is 0 Å². The molecule has 0 aliphatic carbocycles. The van der Waals surface area contributed by atoms with Gasteiger partial charge in [0.2, 0.25) is 16.0 Å². The summed E-state index contributed by atoms with van der Waals surface area (Å²) < 4.78 is 32.7. The molecular formula is C20H23N5O3S. The molecule has 2 N–H and O–H groups in total. The third-order valence-corrected chi connectivity index (χ3v) is 6.90. The molecule has 0 spiro atoms. The van der Waals surface area contributed by atoms with Crippen molar-refractivity contribution in [2.24, 2.45) is 0 Å². The molecule has 2 aromatic carbocycles. The van der Waals surface area contributed by atoms with Gasteiger partial charge in [0.25, 0.3) is 0 Å². The first-order chi connectivity index (χ1) is 14.1. The van der Waals surface area contributed by atoms with Gasteiger partial charge in [0, 0.05) is 30.9 Å². The highest BCUT2D eigenvalue weighted by Gasteiger charge is 2.35. The summed E-state index contributed by atoms with van der Waals surface area (Å²) in [7, 11) is -1.95. The van der Waals surface area contributed by atoms with E-state index in [9.17, 15) is 8.42 Å². The number of aromatic amines is 1. The van der Waals surface area contributed by atoms with Crippen molar-refractivity contribution in [1.82, 2.24) is 19.5 Å². The first-order valence-corrected chi connectivity index (χ1v) is 10.9. The van der Waals surface area contributed by atoms with E-state index in [0.717, 1.165) is 18.4 Å². The largest absolute Gasteiger partial charge is 0.383 e. The van der Waals surface area contributed by atoms with Gasteiger partial charge >= 0.3 is 0 Å². The third kappa shape index (κ3) is 4.16. The van der Waals surface area contributed by atoms with E-state index in [1.807, 2.05) is 30.3 Å². The number of nitrogens with zero attached hydrogens (tertiary/aromatic N) is 3. The minimum Gasteiger partial charge on any atom is -0.383 e. The number of hydrogen-bond acceptors (Lipinski definition) is 6. The standard InChI is InChI=1S/C20H23N5O3S/c1-28-14-17-8-5-13-25(17)29(26,27)18-11-9-16(10-12-18)21-20-22-19(23-24-20)15-6-3-2-4-7-15/h2-4,6-7,9-12,17H,5,8,13-14H2,1H3,(H2,21,22,23,24). The molecule has 1 fully saturated rings. The smallest absolute Gasteiger partial charge is 0.246 e. The second kappa shape index (κ2) is 8.32. The predicted molar refractivity (Wildman–Crippen MR) is 110 cm³/mol. The first kappa shape index (κ1) is 19.6. The van der Waals surface area contributed by atoms with E-state index in [0.29, 0.717) is 30.6 Å². The highest BCUT2D eigenvalue weighted by Crippen LogP contribution is 2.27. The average Bonchev–Trinajstić information content (AvgIpc) is 3.39. The van der Waals surface area contributed by atoms with E-state index in [1.165, 1.54) is 0 Å². The zero-order valence-corrected chi connectivity index (χ0v) is 16.9. The Morgan fingerprint density at radius 3 is 2.66 bits per heavy atom. The maximum Gasteiger partial charge on any atom is 0.246 e. The monoisotopic (exact) mass is 413 g/mol. The van der Waals surface area contributed by atoms with Gasteiger partial charge < -0.3 is 10.1 Å². The molecule has 9 heteroatoms. The van der Waals surface area contributed by atoms with Crippen molar-refractivity contribution in [3.63, 3.8) is 0 Å². The lowest BCUT2D eigenvalue weighted by molar-refractivity contribution is 0.149. The van der Waals surface area contributed by atoms with Gasteiger partial charge in [-0.3, -0.25) is 5.10 Å². The van der Waals surface area contributed by atoms with E-state index < -0.39 is 10.0 Å². The number of hydrogen-bond donors (Lipinski definition) is 2. The lowest BCUT2D eigenvalue weighted by atomic mass is 10.2. The first-order valence-electron chi connectivity index (χ1n) is 9.43. The normalized spacial score (nSPS) is 17.5. The molecule has 1 unspecified atom stereocenters. The molecular weight excluding hydrogens is 390 g/mol. The minimum atomic E-state index is -3.54. The molecule has 2 heterocycles. The van der Waals surface area contributed by atoms with Gasteiger partial charge in [-0.25, -0.2) is 8.42 Å². The summed E-state index contributed by atoms with van der Waals surface area (Å²) in [6.45, 7) is 0.934. The molecule has 1 saturated heterocycles. The second-order valence-corrected chi connectivity index (χ2v) is 8.78. The maximum atomic E-state index is 13.0. The van der Waals surface area contributed by atoms with E-state index in [-0.39, 0.29) is 10.9 Å². The lowest BCUT2D eigenvalue weighted by Crippen LogP contribution is -2.38. The van der Waals surface area contributed by atoms with Gasteiger partial charge in [0.1, 0.15) is 0 Å². The summed E-state index contributed by atoms with van der Waals surface area (Å²) in [5, 5.41) is 10.1. The summed E-state index contributed by atoms with van der Waals surface area (Å²) >= 11 is 0. The highest BCUT2D eigenvalue weighted by atomic mass is 32.2. The molecule has 0 saturated carbocycles. The Morgan fingerprint density at radius 2 is 1.93 bits per heavy atom. The van der Waals surface area contributed by atoms with Crippen LogP contribution in [0, 0.1) is 0 Å². The zero-order valence-electron chi connectivity index (χ0n) is 16.1. The van der Waals surface area contributed by atoms with Crippen LogP contribution in [0.5, 0.6) is 0 Å². The molecule has 152 valence electrons. The summed E-state index contributed by atoms with van der Waals surface area (Å²) in [5.74, 6) is 1.07. The number of H-pyrrole nitrogens is 1. The molecule has 1 aliphatic heterocycles. The zero-order chi connectivity index (χ0) is 20.3. The Labute approximate surface area is 170 Å². The Bertz CT molecular complexity index is 1050. The topological polar surface area (TPSA) is 100 Å². The molecule has 0 bridgehead atoms. The Balaban J connectivity index is 1.48. The Morgan fingerprint density at radius 1 is 1.17 bits per heavy atom. The number of benzene rings is 2. The number of methoxy groups -OCH3 is 1. The number of anilines is 2. The van der Waals surface area contributed by atoms with E-state index in [1.54, 1.807) is 35.7 Å². The van der Waals surface area contributed by atoms with Crippen LogP contribution in [0.3, 0.4) is 0 Å². The predicted octanol–water partition coefficient (Wildman–Crippen LogP) is 3.01. The number of rotatable bonds is 7. The van der Waals surface area contributed by atoms with Gasteiger partial charge in [-0.2, -0.15) is 9.29 Å². The summed E-state index contributed by atoms with van der Waals surface area (Å²) in [5.41, 5.74) is 1.64. The van der Waals surface area contributed by atoms with Crippen LogP contribution in [0.15, 0.2) is 59.5 Å². The van der Waals surface area contributed by atoms with Gasteiger partial charge in [-0.1, -0.05) is 30.3 Å².